The molecule has 0 bridgehead atoms. The Kier molecular flexibility index (Phi) is 9.06. The van der Waals surface area contributed by atoms with Crippen molar-refractivity contribution in [1.82, 2.24) is 0 Å². The van der Waals surface area contributed by atoms with Crippen molar-refractivity contribution in [1.29, 1.82) is 0 Å². The molecule has 0 spiro atoms. The molecule has 3 nitrogen and oxygen atoms in total. The van der Waals surface area contributed by atoms with Crippen molar-refractivity contribution in [3.05, 3.63) is 59.7 Å². The zero-order chi connectivity index (χ0) is 19.5. The van der Waals surface area contributed by atoms with Gasteiger partial charge in [-0.25, -0.2) is 4.79 Å². The van der Waals surface area contributed by atoms with Crippen LogP contribution in [0.25, 0.3) is 11.1 Å². The molecule has 0 N–H and O–H groups in total. The molecule has 0 fully saturated rings. The highest BCUT2D eigenvalue weighted by Crippen LogP contribution is 2.21. The zero-order valence-corrected chi connectivity index (χ0v) is 16.9. The number of rotatable bonds is 11. The van der Waals surface area contributed by atoms with Crippen LogP contribution in [0, 0.1) is 0 Å². The van der Waals surface area contributed by atoms with Crippen molar-refractivity contribution in [2.75, 3.05) is 13.2 Å². The third kappa shape index (κ3) is 7.18. The summed E-state index contributed by atoms with van der Waals surface area (Å²) in [5, 5.41) is 0. The average Bonchev–Trinajstić information content (AvgIpc) is 2.70. The summed E-state index contributed by atoms with van der Waals surface area (Å²) in [6, 6.07) is 16.2. The van der Waals surface area contributed by atoms with Crippen LogP contribution in [0.4, 0.5) is 0 Å². The Morgan fingerprint density at radius 3 is 2.07 bits per heavy atom. The molecule has 0 aromatic heterocycles. The lowest BCUT2D eigenvalue weighted by atomic mass is 10.0. The Hall–Kier alpha value is -2.13. The SMILES string of the molecule is CCCCCOC(=O)c1ccc(-c2ccc(CC(C)OCCC)cc2)cc1. The van der Waals surface area contributed by atoms with E-state index in [1.165, 1.54) is 5.56 Å². The van der Waals surface area contributed by atoms with Gasteiger partial charge in [-0.3, -0.25) is 0 Å². The van der Waals surface area contributed by atoms with Crippen LogP contribution < -0.4 is 0 Å². The van der Waals surface area contributed by atoms with Crippen LogP contribution in [0.5, 0.6) is 0 Å². The van der Waals surface area contributed by atoms with Crippen molar-refractivity contribution >= 4 is 5.97 Å². The first-order valence-electron chi connectivity index (χ1n) is 10.1. The molecule has 0 amide bonds. The second-order valence-electron chi connectivity index (χ2n) is 7.00. The molecule has 0 saturated heterocycles. The van der Waals surface area contributed by atoms with Gasteiger partial charge in [0.2, 0.25) is 0 Å². The van der Waals surface area contributed by atoms with Crippen molar-refractivity contribution in [2.45, 2.75) is 59.0 Å². The van der Waals surface area contributed by atoms with Crippen LogP contribution in [0.2, 0.25) is 0 Å². The Morgan fingerprint density at radius 1 is 0.852 bits per heavy atom. The first kappa shape index (κ1) is 21.2. The van der Waals surface area contributed by atoms with Gasteiger partial charge in [-0.1, -0.05) is 63.1 Å². The number of unbranched alkanes of at least 4 members (excludes halogenated alkanes) is 2. The van der Waals surface area contributed by atoms with Crippen molar-refractivity contribution in [2.24, 2.45) is 0 Å². The van der Waals surface area contributed by atoms with Gasteiger partial charge in [0.05, 0.1) is 18.3 Å². The molecule has 27 heavy (non-hydrogen) atoms. The number of ether oxygens (including phenoxy) is 2. The van der Waals surface area contributed by atoms with Gasteiger partial charge in [-0.05, 0) is 55.0 Å². The van der Waals surface area contributed by atoms with Crippen molar-refractivity contribution in [3.63, 3.8) is 0 Å². The molecule has 0 saturated carbocycles. The quantitative estimate of drug-likeness (QED) is 0.357. The monoisotopic (exact) mass is 368 g/mol. The van der Waals surface area contributed by atoms with Gasteiger partial charge in [0, 0.05) is 6.61 Å². The Morgan fingerprint density at radius 2 is 1.48 bits per heavy atom. The van der Waals surface area contributed by atoms with Crippen LogP contribution >= 0.6 is 0 Å². The third-order valence-corrected chi connectivity index (χ3v) is 4.52. The Balaban J connectivity index is 1.91. The molecule has 1 atom stereocenters. The maximum absolute atomic E-state index is 12.0. The van der Waals surface area contributed by atoms with E-state index in [4.69, 9.17) is 9.47 Å². The van der Waals surface area contributed by atoms with E-state index >= 15 is 0 Å². The van der Waals surface area contributed by atoms with Crippen molar-refractivity contribution < 1.29 is 14.3 Å². The molecule has 2 aromatic rings. The largest absolute Gasteiger partial charge is 0.462 e. The molecule has 3 heteroatoms. The minimum absolute atomic E-state index is 0.235. The average molecular weight is 369 g/mol. The minimum Gasteiger partial charge on any atom is -0.462 e. The van der Waals surface area contributed by atoms with Gasteiger partial charge in [-0.2, -0.15) is 0 Å². The van der Waals surface area contributed by atoms with Crippen LogP contribution in [-0.4, -0.2) is 25.3 Å². The third-order valence-electron chi connectivity index (χ3n) is 4.52. The molecule has 146 valence electrons. The molecular weight excluding hydrogens is 336 g/mol. The standard InChI is InChI=1S/C24H32O3/c1-4-6-7-17-27-24(25)23-14-12-22(13-15-23)21-10-8-20(9-11-21)18-19(3)26-16-5-2/h8-15,19H,4-7,16-18H2,1-3H3. The zero-order valence-electron chi connectivity index (χ0n) is 16.9. The van der Waals surface area contributed by atoms with Crippen molar-refractivity contribution in [3.8, 4) is 11.1 Å². The molecule has 2 aromatic carbocycles. The number of benzene rings is 2. The van der Waals surface area contributed by atoms with Gasteiger partial charge < -0.3 is 9.47 Å². The molecule has 0 aliphatic rings. The van der Waals surface area contributed by atoms with E-state index in [0.29, 0.717) is 12.2 Å². The smallest absolute Gasteiger partial charge is 0.338 e. The molecule has 0 radical (unpaired) electrons. The highest BCUT2D eigenvalue weighted by atomic mass is 16.5. The number of hydrogen-bond donors (Lipinski definition) is 0. The summed E-state index contributed by atoms with van der Waals surface area (Å²) in [7, 11) is 0. The van der Waals surface area contributed by atoms with Crippen LogP contribution in [-0.2, 0) is 15.9 Å². The van der Waals surface area contributed by atoms with E-state index in [-0.39, 0.29) is 12.1 Å². The fourth-order valence-electron chi connectivity index (χ4n) is 2.94. The van der Waals surface area contributed by atoms with E-state index in [2.05, 4.69) is 45.0 Å². The number of esters is 1. The van der Waals surface area contributed by atoms with Gasteiger partial charge in [0.1, 0.15) is 0 Å². The van der Waals surface area contributed by atoms with E-state index in [1.807, 2.05) is 24.3 Å². The van der Waals surface area contributed by atoms with Crippen LogP contribution in [0.15, 0.2) is 48.5 Å². The molecule has 0 aliphatic carbocycles. The lowest BCUT2D eigenvalue weighted by Gasteiger charge is -2.13. The summed E-state index contributed by atoms with van der Waals surface area (Å²) in [6.45, 7) is 7.68. The fourth-order valence-corrected chi connectivity index (χ4v) is 2.94. The normalized spacial score (nSPS) is 12.0. The summed E-state index contributed by atoms with van der Waals surface area (Å²) in [5.74, 6) is -0.242. The molecule has 0 aliphatic heterocycles. The Bertz CT molecular complexity index is 674. The van der Waals surface area contributed by atoms with Crippen LogP contribution in [0.3, 0.4) is 0 Å². The predicted molar refractivity (Wildman–Crippen MR) is 111 cm³/mol. The highest BCUT2D eigenvalue weighted by molar-refractivity contribution is 5.90. The number of carbonyl (C=O) groups is 1. The molecule has 0 heterocycles. The van der Waals surface area contributed by atoms with E-state index in [9.17, 15) is 4.79 Å². The molecule has 1 unspecified atom stereocenters. The lowest BCUT2D eigenvalue weighted by Crippen LogP contribution is -2.12. The van der Waals surface area contributed by atoms with Gasteiger partial charge in [-0.15, -0.1) is 0 Å². The van der Waals surface area contributed by atoms with E-state index < -0.39 is 0 Å². The second-order valence-corrected chi connectivity index (χ2v) is 7.00. The maximum Gasteiger partial charge on any atom is 0.338 e. The first-order chi connectivity index (χ1) is 13.1. The summed E-state index contributed by atoms with van der Waals surface area (Å²) < 4.78 is 11.0. The molecule has 2 rings (SSSR count). The summed E-state index contributed by atoms with van der Waals surface area (Å²) in [6.07, 6.45) is 5.34. The minimum atomic E-state index is -0.242. The second kappa shape index (κ2) is 11.6. The summed E-state index contributed by atoms with van der Waals surface area (Å²) in [5.41, 5.74) is 4.12. The summed E-state index contributed by atoms with van der Waals surface area (Å²) >= 11 is 0. The molecular formula is C24H32O3. The number of hydrogen-bond acceptors (Lipinski definition) is 3. The van der Waals surface area contributed by atoms with Gasteiger partial charge >= 0.3 is 5.97 Å². The number of carbonyl (C=O) groups excluding carboxylic acids is 1. The fraction of sp³-hybridized carbons (Fsp3) is 0.458. The predicted octanol–water partition coefficient (Wildman–Crippen LogP) is 6.06. The van der Waals surface area contributed by atoms with E-state index in [1.54, 1.807) is 0 Å². The van der Waals surface area contributed by atoms with Crippen LogP contribution in [0.1, 0.15) is 62.4 Å². The van der Waals surface area contributed by atoms with Gasteiger partial charge in [0.15, 0.2) is 0 Å². The lowest BCUT2D eigenvalue weighted by molar-refractivity contribution is 0.0498. The Labute approximate surface area is 163 Å². The summed E-state index contributed by atoms with van der Waals surface area (Å²) in [4.78, 5) is 12.0. The maximum atomic E-state index is 12.0. The van der Waals surface area contributed by atoms with E-state index in [0.717, 1.165) is 49.8 Å². The van der Waals surface area contributed by atoms with Gasteiger partial charge in [0.25, 0.3) is 0 Å². The highest BCUT2D eigenvalue weighted by Gasteiger charge is 2.08. The first-order valence-corrected chi connectivity index (χ1v) is 10.1. The topological polar surface area (TPSA) is 35.5 Å².